The van der Waals surface area contributed by atoms with Crippen molar-refractivity contribution in [2.75, 3.05) is 19.7 Å². The van der Waals surface area contributed by atoms with E-state index in [2.05, 4.69) is 17.1 Å². The number of hydrogen-bond donors (Lipinski definition) is 0. The van der Waals surface area contributed by atoms with Crippen molar-refractivity contribution in [3.05, 3.63) is 54.3 Å². The highest BCUT2D eigenvalue weighted by Gasteiger charge is 2.22. The quantitative estimate of drug-likeness (QED) is 0.648. The van der Waals surface area contributed by atoms with Gasteiger partial charge in [-0.3, -0.25) is 4.79 Å². The minimum atomic E-state index is -0.333. The number of likely N-dealkylation sites (tertiary alicyclic amines) is 1. The van der Waals surface area contributed by atoms with Gasteiger partial charge in [0.15, 0.2) is 6.61 Å². The van der Waals surface area contributed by atoms with E-state index >= 15 is 0 Å². The van der Waals surface area contributed by atoms with Crippen LogP contribution in [0.2, 0.25) is 0 Å². The second-order valence-electron chi connectivity index (χ2n) is 7.30. The number of carbonyl (C=O) groups excluding carboxylic acids is 1. The van der Waals surface area contributed by atoms with Crippen LogP contribution in [-0.4, -0.2) is 40.6 Å². The number of para-hydroxylation sites is 1. The van der Waals surface area contributed by atoms with Gasteiger partial charge in [-0.05, 0) is 55.2 Å². The lowest BCUT2D eigenvalue weighted by Gasteiger charge is -2.30. The first-order chi connectivity index (χ1) is 14.1. The minimum absolute atomic E-state index is 0.0218. The number of hydrogen-bond acceptors (Lipinski definition) is 5. The summed E-state index contributed by atoms with van der Waals surface area (Å²) in [6, 6.07) is 13.1. The molecule has 2 heterocycles. The van der Waals surface area contributed by atoms with Gasteiger partial charge in [0.25, 0.3) is 11.8 Å². The molecule has 0 N–H and O–H groups in total. The van der Waals surface area contributed by atoms with Crippen molar-refractivity contribution >= 4 is 5.91 Å². The van der Waals surface area contributed by atoms with Crippen molar-refractivity contribution < 1.29 is 18.4 Å². The highest BCUT2D eigenvalue weighted by Crippen LogP contribution is 2.29. The summed E-state index contributed by atoms with van der Waals surface area (Å²) in [4.78, 5) is 18.8. The number of nitrogens with zero attached hydrogens (tertiary/aromatic N) is 3. The van der Waals surface area contributed by atoms with Crippen molar-refractivity contribution in [1.82, 2.24) is 15.0 Å². The lowest BCUT2D eigenvalue weighted by Crippen LogP contribution is -2.41. The minimum Gasteiger partial charge on any atom is -0.483 e. The van der Waals surface area contributed by atoms with Crippen LogP contribution in [0.3, 0.4) is 0 Å². The number of halogens is 1. The van der Waals surface area contributed by atoms with E-state index in [1.165, 1.54) is 12.1 Å². The second kappa shape index (κ2) is 8.43. The van der Waals surface area contributed by atoms with Crippen LogP contribution in [0.15, 0.2) is 53.1 Å². The first kappa shape index (κ1) is 19.1. The maximum atomic E-state index is 13.1. The third kappa shape index (κ3) is 4.45. The summed E-state index contributed by atoms with van der Waals surface area (Å²) in [7, 11) is 0. The summed E-state index contributed by atoms with van der Waals surface area (Å²) in [5, 5.41) is 4.02. The molecule has 0 bridgehead atoms. The number of amides is 1. The van der Waals surface area contributed by atoms with Crippen LogP contribution in [0, 0.1) is 11.7 Å². The Balaban J connectivity index is 1.48. The van der Waals surface area contributed by atoms with E-state index in [0.29, 0.717) is 28.6 Å². The highest BCUT2D eigenvalue weighted by atomic mass is 19.1. The SMILES string of the molecule is CC1CCCN(C(=O)COc2ccccc2-c2noc(-c3ccc(F)cc3)n2)C1. The van der Waals surface area contributed by atoms with Crippen LogP contribution in [0.1, 0.15) is 19.8 Å². The Hall–Kier alpha value is -3.22. The van der Waals surface area contributed by atoms with E-state index in [-0.39, 0.29) is 24.2 Å². The molecule has 1 fully saturated rings. The van der Waals surface area contributed by atoms with Crippen molar-refractivity contribution in [3.63, 3.8) is 0 Å². The van der Waals surface area contributed by atoms with E-state index in [1.807, 2.05) is 23.1 Å². The number of carbonyl (C=O) groups is 1. The lowest BCUT2D eigenvalue weighted by molar-refractivity contribution is -0.135. The zero-order chi connectivity index (χ0) is 20.2. The number of aromatic nitrogens is 2. The molecule has 1 saturated heterocycles. The van der Waals surface area contributed by atoms with Crippen LogP contribution >= 0.6 is 0 Å². The maximum Gasteiger partial charge on any atom is 0.260 e. The summed E-state index contributed by atoms with van der Waals surface area (Å²) in [6.07, 6.45) is 2.18. The molecule has 2 aromatic carbocycles. The van der Waals surface area contributed by atoms with E-state index in [1.54, 1.807) is 18.2 Å². The molecule has 4 rings (SSSR count). The predicted molar refractivity (Wildman–Crippen MR) is 106 cm³/mol. The van der Waals surface area contributed by atoms with Crippen LogP contribution in [-0.2, 0) is 4.79 Å². The van der Waals surface area contributed by atoms with Crippen LogP contribution in [0.25, 0.3) is 22.8 Å². The molecular weight excluding hydrogens is 373 g/mol. The van der Waals surface area contributed by atoms with Gasteiger partial charge in [-0.2, -0.15) is 4.98 Å². The summed E-state index contributed by atoms with van der Waals surface area (Å²) >= 11 is 0. The molecule has 1 amide bonds. The third-order valence-corrected chi connectivity index (χ3v) is 5.01. The standard InChI is InChI=1S/C22H22FN3O3/c1-15-5-4-12-26(13-15)20(27)14-28-19-7-3-2-6-18(19)21-24-22(29-25-21)16-8-10-17(23)11-9-16/h2-3,6-11,15H,4-5,12-14H2,1H3. The van der Waals surface area contributed by atoms with Gasteiger partial charge in [-0.1, -0.05) is 24.2 Å². The zero-order valence-corrected chi connectivity index (χ0v) is 16.2. The second-order valence-corrected chi connectivity index (χ2v) is 7.30. The number of piperidine rings is 1. The monoisotopic (exact) mass is 395 g/mol. The van der Waals surface area contributed by atoms with Gasteiger partial charge in [0, 0.05) is 18.7 Å². The van der Waals surface area contributed by atoms with Crippen LogP contribution < -0.4 is 4.74 Å². The van der Waals surface area contributed by atoms with E-state index in [0.717, 1.165) is 25.9 Å². The van der Waals surface area contributed by atoms with Crippen LogP contribution in [0.4, 0.5) is 4.39 Å². The molecule has 150 valence electrons. The van der Waals surface area contributed by atoms with Crippen LogP contribution in [0.5, 0.6) is 5.75 Å². The molecule has 1 aliphatic heterocycles. The average Bonchev–Trinajstić information content (AvgIpc) is 3.23. The van der Waals surface area contributed by atoms with Crippen molar-refractivity contribution in [1.29, 1.82) is 0 Å². The van der Waals surface area contributed by atoms with Gasteiger partial charge in [-0.15, -0.1) is 0 Å². The Morgan fingerprint density at radius 3 is 2.83 bits per heavy atom. The Kier molecular flexibility index (Phi) is 5.55. The third-order valence-electron chi connectivity index (χ3n) is 5.01. The molecule has 6 nitrogen and oxygen atoms in total. The maximum absolute atomic E-state index is 13.1. The average molecular weight is 395 g/mol. The normalized spacial score (nSPS) is 16.6. The lowest BCUT2D eigenvalue weighted by atomic mass is 10.0. The Bertz CT molecular complexity index is 987. The molecular formula is C22H22FN3O3. The van der Waals surface area contributed by atoms with E-state index in [4.69, 9.17) is 9.26 Å². The van der Waals surface area contributed by atoms with E-state index in [9.17, 15) is 9.18 Å². The molecule has 29 heavy (non-hydrogen) atoms. The molecule has 0 saturated carbocycles. The largest absolute Gasteiger partial charge is 0.483 e. The van der Waals surface area contributed by atoms with Gasteiger partial charge in [0.05, 0.1) is 5.56 Å². The molecule has 0 spiro atoms. The zero-order valence-electron chi connectivity index (χ0n) is 16.2. The van der Waals surface area contributed by atoms with Gasteiger partial charge in [0.2, 0.25) is 5.82 Å². The molecule has 1 aliphatic rings. The first-order valence-electron chi connectivity index (χ1n) is 9.70. The smallest absolute Gasteiger partial charge is 0.260 e. The number of rotatable bonds is 5. The van der Waals surface area contributed by atoms with E-state index < -0.39 is 0 Å². The van der Waals surface area contributed by atoms with Crippen molar-refractivity contribution in [2.24, 2.45) is 5.92 Å². The molecule has 0 radical (unpaired) electrons. The highest BCUT2D eigenvalue weighted by molar-refractivity contribution is 5.78. The Morgan fingerprint density at radius 1 is 1.24 bits per heavy atom. The topological polar surface area (TPSA) is 68.5 Å². The van der Waals surface area contributed by atoms with Gasteiger partial charge in [-0.25, -0.2) is 4.39 Å². The Morgan fingerprint density at radius 2 is 2.03 bits per heavy atom. The van der Waals surface area contributed by atoms with Crippen molar-refractivity contribution in [3.8, 4) is 28.6 Å². The number of ether oxygens (including phenoxy) is 1. The summed E-state index contributed by atoms with van der Waals surface area (Å²) < 4.78 is 24.2. The summed E-state index contributed by atoms with van der Waals surface area (Å²) in [6.45, 7) is 3.67. The van der Waals surface area contributed by atoms with Gasteiger partial charge in [0.1, 0.15) is 11.6 Å². The molecule has 7 heteroatoms. The fraction of sp³-hybridized carbons (Fsp3) is 0.318. The Labute approximate surface area is 168 Å². The van der Waals surface area contributed by atoms with Gasteiger partial charge >= 0.3 is 0 Å². The predicted octanol–water partition coefficient (Wildman–Crippen LogP) is 4.18. The number of benzene rings is 2. The summed E-state index contributed by atoms with van der Waals surface area (Å²) in [5.74, 6) is 1.31. The molecule has 1 unspecified atom stereocenters. The fourth-order valence-electron chi connectivity index (χ4n) is 3.47. The molecule has 0 aliphatic carbocycles. The fourth-order valence-corrected chi connectivity index (χ4v) is 3.47. The summed E-state index contributed by atoms with van der Waals surface area (Å²) in [5.41, 5.74) is 1.25. The van der Waals surface area contributed by atoms with Crippen molar-refractivity contribution in [2.45, 2.75) is 19.8 Å². The molecule has 3 aromatic rings. The molecule has 1 aromatic heterocycles. The first-order valence-corrected chi connectivity index (χ1v) is 9.70. The van der Waals surface area contributed by atoms with Gasteiger partial charge < -0.3 is 14.2 Å². The molecule has 1 atom stereocenters.